The predicted molar refractivity (Wildman–Crippen MR) is 247 cm³/mol. The monoisotopic (exact) mass is 947 g/mol. The molecule has 0 spiro atoms. The van der Waals surface area contributed by atoms with Gasteiger partial charge < -0.3 is 69.2 Å². The Balaban J connectivity index is 2.31. The molecule has 1 aromatic carbocycles. The number of carbonyl (C=O) groups is 8. The number of benzene rings is 1. The number of ether oxygens (including phenoxy) is 1. The van der Waals surface area contributed by atoms with Crippen molar-refractivity contribution in [2.45, 2.75) is 179 Å². The molecule has 22 nitrogen and oxygen atoms in total. The maximum Gasteiger partial charge on any atom is 0.328 e. The predicted octanol–water partition coefficient (Wildman–Crippen LogP) is -0.964. The van der Waals surface area contributed by atoms with Crippen molar-refractivity contribution in [1.82, 2.24) is 31.9 Å². The summed E-state index contributed by atoms with van der Waals surface area (Å²) in [4.78, 5) is 112. The normalized spacial score (nSPS) is 23.4. The number of aromatic hydroxyl groups is 1. The minimum Gasteiger partial charge on any atom is -0.508 e. The molecule has 0 radical (unpaired) electrons. The van der Waals surface area contributed by atoms with Crippen molar-refractivity contribution in [1.29, 1.82) is 0 Å². The third-order valence-corrected chi connectivity index (χ3v) is 11.1. The minimum atomic E-state index is -1.75. The fourth-order valence-corrected chi connectivity index (χ4v) is 7.23. The third-order valence-electron chi connectivity index (χ3n) is 11.1. The van der Waals surface area contributed by atoms with Crippen LogP contribution in [0, 0.1) is 5.92 Å². The number of esters is 1. The van der Waals surface area contributed by atoms with Crippen LogP contribution in [0.15, 0.2) is 29.3 Å². The number of phenolic OH excluding ortho intramolecular Hbond substituents is 1. The summed E-state index contributed by atoms with van der Waals surface area (Å²) < 4.78 is 5.55. The molecule has 2 rings (SSSR count). The van der Waals surface area contributed by atoms with Gasteiger partial charge in [0.2, 0.25) is 41.4 Å². The van der Waals surface area contributed by atoms with Gasteiger partial charge in [0.1, 0.15) is 48.1 Å². The number of aliphatic hydroxyl groups excluding tert-OH is 2. The molecule has 1 aromatic rings. The Labute approximate surface area is 392 Å². The van der Waals surface area contributed by atoms with Gasteiger partial charge in [-0.3, -0.25) is 38.6 Å². The van der Waals surface area contributed by atoms with Gasteiger partial charge in [-0.25, -0.2) is 4.79 Å². The smallest absolute Gasteiger partial charge is 0.328 e. The summed E-state index contributed by atoms with van der Waals surface area (Å²) in [5, 5.41) is 45.9. The van der Waals surface area contributed by atoms with Crippen LogP contribution < -0.4 is 49.1 Å². The van der Waals surface area contributed by atoms with Crippen LogP contribution in [0.25, 0.3) is 0 Å². The van der Waals surface area contributed by atoms with Crippen molar-refractivity contribution >= 4 is 53.3 Å². The lowest BCUT2D eigenvalue weighted by Gasteiger charge is -2.30. The number of guanidine groups is 1. The second-order valence-electron chi connectivity index (χ2n) is 17.5. The highest BCUT2D eigenvalue weighted by Gasteiger charge is 2.38. The van der Waals surface area contributed by atoms with Crippen LogP contribution in [0.1, 0.15) is 124 Å². The van der Waals surface area contributed by atoms with Crippen LogP contribution in [0.5, 0.6) is 5.75 Å². The molecule has 1 aliphatic rings. The number of aliphatic imine (C=N–C) groups is 1. The van der Waals surface area contributed by atoms with E-state index in [4.69, 9.17) is 21.9 Å². The van der Waals surface area contributed by atoms with E-state index in [2.05, 4.69) is 36.9 Å². The van der Waals surface area contributed by atoms with Crippen molar-refractivity contribution in [3.8, 4) is 5.75 Å². The lowest BCUT2D eigenvalue weighted by atomic mass is 9.99. The second-order valence-corrected chi connectivity index (χ2v) is 17.5. The zero-order chi connectivity index (χ0) is 50.2. The van der Waals surface area contributed by atoms with Crippen LogP contribution >= 0.6 is 0 Å². The highest BCUT2D eigenvalue weighted by Crippen LogP contribution is 2.16. The van der Waals surface area contributed by atoms with Crippen LogP contribution in [-0.2, 0) is 49.5 Å². The first kappa shape index (κ1) is 57.1. The zero-order valence-corrected chi connectivity index (χ0v) is 39.4. The van der Waals surface area contributed by atoms with Crippen molar-refractivity contribution in [2.75, 3.05) is 6.54 Å². The number of unbranched alkanes of at least 4 members (excludes halogenated alkanes) is 9. The van der Waals surface area contributed by atoms with E-state index in [1.54, 1.807) is 13.8 Å². The fourth-order valence-electron chi connectivity index (χ4n) is 7.23. The maximum atomic E-state index is 14.1. The first-order valence-corrected chi connectivity index (χ1v) is 23.1. The molecule has 9 atom stereocenters. The van der Waals surface area contributed by atoms with Gasteiger partial charge in [-0.05, 0) is 57.2 Å². The molecule has 1 heterocycles. The highest BCUT2D eigenvalue weighted by atomic mass is 16.5. The Morgan fingerprint density at radius 3 is 1.78 bits per heavy atom. The van der Waals surface area contributed by atoms with Gasteiger partial charge in [0.25, 0.3) is 0 Å². The average molecular weight is 947 g/mol. The zero-order valence-electron chi connectivity index (χ0n) is 39.4. The van der Waals surface area contributed by atoms with Gasteiger partial charge in [0, 0.05) is 13.0 Å². The van der Waals surface area contributed by atoms with E-state index in [0.29, 0.717) is 24.9 Å². The first-order valence-electron chi connectivity index (χ1n) is 23.1. The number of primary amides is 1. The van der Waals surface area contributed by atoms with Gasteiger partial charge in [0.05, 0.1) is 25.0 Å². The molecule has 0 aliphatic carbocycles. The molecule has 1 aliphatic heterocycles. The SMILES string of the molecule is CC(C)C1NC(=O)C(NC(=O)CC(O)CCCCCCCCCCCCN=C(N)N)C(C)OC(=O)[C@@H](C)NC(=O)[C@@H](CC(N)=O)NC(=O)[C@@H]([C@@H](C)O)NC(=O)C(Cc2ccc(O)cc2)NC1=O. The first-order chi connectivity index (χ1) is 31.6. The third kappa shape index (κ3) is 21.9. The van der Waals surface area contributed by atoms with E-state index in [-0.39, 0.29) is 18.1 Å². The topological polar surface area (TPSA) is 369 Å². The van der Waals surface area contributed by atoms with E-state index in [1.165, 1.54) is 45.0 Å². The van der Waals surface area contributed by atoms with Gasteiger partial charge in [0.15, 0.2) is 5.96 Å². The quantitative estimate of drug-likeness (QED) is 0.0288. The molecule has 67 heavy (non-hydrogen) atoms. The number of phenols is 1. The lowest BCUT2D eigenvalue weighted by molar-refractivity contribution is -0.155. The van der Waals surface area contributed by atoms with Gasteiger partial charge in [-0.15, -0.1) is 0 Å². The second kappa shape index (κ2) is 29.6. The Kier molecular flexibility index (Phi) is 25.2. The Morgan fingerprint density at radius 1 is 0.701 bits per heavy atom. The number of amides is 7. The van der Waals surface area contributed by atoms with Crippen LogP contribution in [0.2, 0.25) is 0 Å². The van der Waals surface area contributed by atoms with E-state index < -0.39 is 121 Å². The molecule has 15 N–H and O–H groups in total. The largest absolute Gasteiger partial charge is 0.508 e. The molecule has 1 fully saturated rings. The van der Waals surface area contributed by atoms with E-state index in [0.717, 1.165) is 57.8 Å². The van der Waals surface area contributed by atoms with Crippen molar-refractivity contribution < 1.29 is 58.4 Å². The van der Waals surface area contributed by atoms with Crippen molar-refractivity contribution in [2.24, 2.45) is 28.1 Å². The van der Waals surface area contributed by atoms with Gasteiger partial charge >= 0.3 is 5.97 Å². The molecule has 0 bridgehead atoms. The summed E-state index contributed by atoms with van der Waals surface area (Å²) in [7, 11) is 0. The molecular weight excluding hydrogens is 873 g/mol. The number of carbonyl (C=O) groups excluding carboxylic acids is 8. The van der Waals surface area contributed by atoms with Crippen LogP contribution in [-0.4, -0.2) is 130 Å². The Bertz CT molecular complexity index is 1830. The summed E-state index contributed by atoms with van der Waals surface area (Å²) in [5.74, 6) is -8.52. The van der Waals surface area contributed by atoms with Crippen LogP contribution in [0.4, 0.5) is 0 Å². The average Bonchev–Trinajstić information content (AvgIpc) is 3.24. The number of hydrogen-bond donors (Lipinski definition) is 12. The molecule has 0 aromatic heterocycles. The van der Waals surface area contributed by atoms with E-state index >= 15 is 0 Å². The Hall–Kier alpha value is -6.03. The molecule has 7 amide bonds. The number of nitrogens with two attached hydrogens (primary N) is 3. The molecule has 5 unspecified atom stereocenters. The number of rotatable bonds is 22. The lowest BCUT2D eigenvalue weighted by Crippen LogP contribution is -2.62. The van der Waals surface area contributed by atoms with Crippen molar-refractivity contribution in [3.05, 3.63) is 29.8 Å². The molecular formula is C45H74N10O12. The molecule has 376 valence electrons. The standard InChI is InChI=1S/C45H74N10O12/c1-25(2)36-41(63)51-32(22-29-17-19-30(57)20-18-29)40(62)55-37(27(4)56)42(64)52-33(24-34(46)59)39(61)50-26(3)44(66)67-28(5)38(43(65)54-36)53-35(60)23-31(58)16-14-12-10-8-6-7-9-11-13-15-21-49-45(47)48/h17-20,25-28,31-33,36-38,56-58H,6-16,21-24H2,1-5H3,(H2,46,59)(H,50,61)(H,51,63)(H,52,64)(H,53,60)(H,54,65)(H,55,62)(H4,47,48,49)/t26-,27-,28?,31?,32?,33-,36?,37-,38?/m1/s1. The number of cyclic esters (lactones) is 1. The number of nitrogens with zero attached hydrogens (tertiary/aromatic N) is 1. The van der Waals surface area contributed by atoms with Gasteiger partial charge in [-0.1, -0.05) is 83.8 Å². The van der Waals surface area contributed by atoms with E-state index in [9.17, 15) is 53.7 Å². The number of hydrogen-bond acceptors (Lipinski definition) is 13. The summed E-state index contributed by atoms with van der Waals surface area (Å²) in [6.45, 7) is 7.52. The number of nitrogens with one attached hydrogen (secondary N) is 6. The maximum absolute atomic E-state index is 14.1. The molecule has 0 saturated carbocycles. The highest BCUT2D eigenvalue weighted by molar-refractivity contribution is 5.98. The molecule has 22 heteroatoms. The minimum absolute atomic E-state index is 0.0796. The fraction of sp³-hybridized carbons (Fsp3) is 0.667. The summed E-state index contributed by atoms with van der Waals surface area (Å²) in [6, 6.07) is -3.77. The summed E-state index contributed by atoms with van der Waals surface area (Å²) in [5.41, 5.74) is 16.5. The van der Waals surface area contributed by atoms with E-state index in [1.807, 2.05) is 0 Å². The Morgan fingerprint density at radius 2 is 1.22 bits per heavy atom. The summed E-state index contributed by atoms with van der Waals surface area (Å²) >= 11 is 0. The van der Waals surface area contributed by atoms with Crippen LogP contribution in [0.3, 0.4) is 0 Å². The number of aliphatic hydroxyl groups is 2. The molecule has 1 saturated heterocycles. The van der Waals surface area contributed by atoms with Gasteiger partial charge in [-0.2, -0.15) is 0 Å². The van der Waals surface area contributed by atoms with Crippen molar-refractivity contribution in [3.63, 3.8) is 0 Å². The summed E-state index contributed by atoms with van der Waals surface area (Å²) in [6.07, 6.45) is 4.77.